The molecule has 0 unspecified atom stereocenters. The summed E-state index contributed by atoms with van der Waals surface area (Å²) in [5.74, 6) is 0.357. The number of carbonyl (C=O) groups is 1. The van der Waals surface area contributed by atoms with Crippen LogP contribution in [0, 0.1) is 9.39 Å². The van der Waals surface area contributed by atoms with Crippen molar-refractivity contribution in [3.63, 3.8) is 0 Å². The molecule has 2 rings (SSSR count). The lowest BCUT2D eigenvalue weighted by atomic mass is 9.99. The number of pyridine rings is 1. The highest BCUT2D eigenvalue weighted by molar-refractivity contribution is 14.1. The Morgan fingerprint density at radius 2 is 2.00 bits per heavy atom. The zero-order valence-corrected chi connectivity index (χ0v) is 18.8. The molecular weight excluding hydrogens is 474 g/mol. The third-order valence-corrected chi connectivity index (χ3v) is 4.50. The van der Waals surface area contributed by atoms with Gasteiger partial charge in [-0.05, 0) is 80.5 Å². The maximum atomic E-state index is 14.2. The van der Waals surface area contributed by atoms with Gasteiger partial charge < -0.3 is 9.47 Å². The highest BCUT2D eigenvalue weighted by Crippen LogP contribution is 2.34. The number of nitrogens with one attached hydrogen (secondary N) is 1. The van der Waals surface area contributed by atoms with E-state index in [1.165, 1.54) is 0 Å². The van der Waals surface area contributed by atoms with Crippen molar-refractivity contribution in [2.24, 2.45) is 0 Å². The summed E-state index contributed by atoms with van der Waals surface area (Å²) in [5, 5.41) is 2.60. The van der Waals surface area contributed by atoms with Gasteiger partial charge in [0, 0.05) is 5.56 Å². The Bertz CT molecular complexity index is 892. The predicted octanol–water partition coefficient (Wildman–Crippen LogP) is 6.02. The first-order valence-corrected chi connectivity index (χ1v) is 9.86. The van der Waals surface area contributed by atoms with Crippen molar-refractivity contribution in [3.05, 3.63) is 57.6 Å². The number of nitrogens with zero attached hydrogens (tertiary/aromatic N) is 1. The van der Waals surface area contributed by atoms with Crippen molar-refractivity contribution >= 4 is 40.1 Å². The molecule has 0 atom stereocenters. The average Bonchev–Trinajstić information content (AvgIpc) is 2.56. The predicted molar refractivity (Wildman–Crippen MR) is 117 cm³/mol. The maximum absolute atomic E-state index is 14.2. The molecule has 0 fully saturated rings. The van der Waals surface area contributed by atoms with E-state index >= 15 is 0 Å². The van der Waals surface area contributed by atoms with Gasteiger partial charge in [0.15, 0.2) is 5.82 Å². The van der Waals surface area contributed by atoms with Crippen LogP contribution in [0.1, 0.15) is 45.7 Å². The minimum atomic E-state index is -0.673. The lowest BCUT2D eigenvalue weighted by Crippen LogP contribution is -2.28. The fraction of sp³-hybridized carbons (Fsp3) is 0.333. The van der Waals surface area contributed by atoms with Gasteiger partial charge in [-0.15, -0.1) is 0 Å². The van der Waals surface area contributed by atoms with Crippen LogP contribution in [0.15, 0.2) is 37.0 Å². The van der Waals surface area contributed by atoms with Crippen molar-refractivity contribution in [1.29, 1.82) is 0 Å². The van der Waals surface area contributed by atoms with Crippen LogP contribution in [-0.4, -0.2) is 22.8 Å². The molecule has 150 valence electrons. The molecule has 1 heterocycles. The number of aromatic nitrogens is 1. The number of amides is 1. The van der Waals surface area contributed by atoms with Crippen molar-refractivity contribution in [3.8, 4) is 5.75 Å². The van der Waals surface area contributed by atoms with Crippen LogP contribution in [0.3, 0.4) is 0 Å². The van der Waals surface area contributed by atoms with E-state index in [4.69, 9.17) is 9.47 Å². The average molecular weight is 498 g/mol. The van der Waals surface area contributed by atoms with Crippen LogP contribution in [0.25, 0.3) is 5.57 Å². The minimum absolute atomic E-state index is 0.0175. The first-order chi connectivity index (χ1) is 13.0. The van der Waals surface area contributed by atoms with Crippen molar-refractivity contribution in [1.82, 2.24) is 4.98 Å². The van der Waals surface area contributed by atoms with Crippen molar-refractivity contribution in [2.45, 2.75) is 46.3 Å². The number of ether oxygens (including phenoxy) is 2. The van der Waals surface area contributed by atoms with E-state index in [9.17, 15) is 9.18 Å². The number of hydrogen-bond donors (Lipinski definition) is 1. The highest BCUT2D eigenvalue weighted by atomic mass is 127. The quantitative estimate of drug-likeness (QED) is 0.513. The largest absolute Gasteiger partial charge is 0.491 e. The second-order valence-electron chi connectivity index (χ2n) is 7.44. The van der Waals surface area contributed by atoms with E-state index < -0.39 is 17.5 Å². The van der Waals surface area contributed by atoms with Gasteiger partial charge in [0.05, 0.1) is 15.9 Å². The third kappa shape index (κ3) is 5.92. The zero-order valence-electron chi connectivity index (χ0n) is 16.6. The highest BCUT2D eigenvalue weighted by Gasteiger charge is 2.22. The van der Waals surface area contributed by atoms with E-state index in [1.54, 1.807) is 20.8 Å². The Morgan fingerprint density at radius 3 is 2.61 bits per heavy atom. The molecular formula is C21H24FIN2O3. The monoisotopic (exact) mass is 498 g/mol. The van der Waals surface area contributed by atoms with E-state index in [0.29, 0.717) is 20.5 Å². The van der Waals surface area contributed by atoms with Gasteiger partial charge in [0.25, 0.3) is 0 Å². The second-order valence-corrected chi connectivity index (χ2v) is 8.52. The number of carbonyl (C=O) groups excluding carboxylic acids is 1. The molecule has 28 heavy (non-hydrogen) atoms. The summed E-state index contributed by atoms with van der Waals surface area (Å²) in [4.78, 5) is 16.2. The molecule has 7 heteroatoms. The maximum Gasteiger partial charge on any atom is 0.413 e. The number of hydrogen-bond acceptors (Lipinski definition) is 4. The molecule has 1 N–H and O–H groups in total. The molecule has 0 aliphatic heterocycles. The fourth-order valence-electron chi connectivity index (χ4n) is 2.41. The molecule has 0 aliphatic rings. The van der Waals surface area contributed by atoms with Crippen LogP contribution in [0.2, 0.25) is 0 Å². The molecule has 0 spiro atoms. The second kappa shape index (κ2) is 8.89. The molecule has 0 bridgehead atoms. The first kappa shape index (κ1) is 22.1. The Balaban J connectivity index is 2.42. The van der Waals surface area contributed by atoms with Gasteiger partial charge >= 0.3 is 6.09 Å². The summed E-state index contributed by atoms with van der Waals surface area (Å²) >= 11 is 1.88. The van der Waals surface area contributed by atoms with Gasteiger partial charge in [0.1, 0.15) is 17.2 Å². The summed E-state index contributed by atoms with van der Waals surface area (Å²) in [6.45, 7) is 13.2. The molecule has 5 nitrogen and oxygen atoms in total. The molecule has 2 aromatic rings. The summed E-state index contributed by atoms with van der Waals surface area (Å²) in [5.41, 5.74) is 0.970. The van der Waals surface area contributed by atoms with Crippen molar-refractivity contribution in [2.75, 3.05) is 5.32 Å². The third-order valence-electron chi connectivity index (χ3n) is 3.45. The van der Waals surface area contributed by atoms with Gasteiger partial charge in [-0.1, -0.05) is 18.7 Å². The van der Waals surface area contributed by atoms with Gasteiger partial charge in [-0.3, -0.25) is 5.32 Å². The van der Waals surface area contributed by atoms with Crippen LogP contribution < -0.4 is 10.1 Å². The van der Waals surface area contributed by atoms with Gasteiger partial charge in [-0.2, -0.15) is 0 Å². The molecule has 0 radical (unpaired) electrons. The Hall–Kier alpha value is -2.16. The van der Waals surface area contributed by atoms with Crippen LogP contribution >= 0.6 is 22.6 Å². The molecule has 1 aromatic carbocycles. The smallest absolute Gasteiger partial charge is 0.413 e. The SMILES string of the molecule is C=C(c1cccc(OC(C)C)c1)c1c(NC(=O)OC(C)(C)C)ncc(F)c1I. The van der Waals surface area contributed by atoms with Crippen LogP contribution in [0.4, 0.5) is 15.0 Å². The van der Waals surface area contributed by atoms with Crippen LogP contribution in [0.5, 0.6) is 5.75 Å². The van der Waals surface area contributed by atoms with Gasteiger partial charge in [0.2, 0.25) is 0 Å². The van der Waals surface area contributed by atoms with Gasteiger partial charge in [-0.25, -0.2) is 14.2 Å². The number of rotatable bonds is 5. The topological polar surface area (TPSA) is 60.5 Å². The minimum Gasteiger partial charge on any atom is -0.491 e. The van der Waals surface area contributed by atoms with E-state index in [-0.39, 0.29) is 11.9 Å². The molecule has 0 aliphatic carbocycles. The Labute approximate surface area is 178 Å². The van der Waals surface area contributed by atoms with E-state index in [0.717, 1.165) is 11.8 Å². The Kier molecular flexibility index (Phi) is 7.03. The number of halogens is 2. The van der Waals surface area contributed by atoms with Crippen molar-refractivity contribution < 1.29 is 18.7 Å². The fourth-order valence-corrected chi connectivity index (χ4v) is 3.13. The first-order valence-electron chi connectivity index (χ1n) is 8.78. The molecule has 1 aromatic heterocycles. The zero-order chi connectivity index (χ0) is 21.1. The summed E-state index contributed by atoms with van der Waals surface area (Å²) in [6, 6.07) is 7.33. The lowest BCUT2D eigenvalue weighted by Gasteiger charge is -2.21. The van der Waals surface area contributed by atoms with E-state index in [2.05, 4.69) is 16.9 Å². The number of anilines is 1. The standard InChI is InChI=1S/C21H24FIN2O3/c1-12(2)27-15-9-7-8-14(10-15)13(3)17-18(23)16(22)11-24-19(17)25-20(26)28-21(4,5)6/h7-12H,3H2,1-2,4-6H3,(H,24,25,26). The molecule has 0 saturated heterocycles. The normalized spacial score (nSPS) is 11.3. The van der Waals surface area contributed by atoms with Crippen LogP contribution in [-0.2, 0) is 4.74 Å². The summed E-state index contributed by atoms with van der Waals surface area (Å²) < 4.78 is 25.5. The Morgan fingerprint density at radius 1 is 1.32 bits per heavy atom. The lowest BCUT2D eigenvalue weighted by molar-refractivity contribution is 0.0635. The summed E-state index contributed by atoms with van der Waals surface area (Å²) in [7, 11) is 0. The molecule has 1 amide bonds. The number of benzene rings is 1. The summed E-state index contributed by atoms with van der Waals surface area (Å²) in [6.07, 6.45) is 0.404. The molecule has 0 saturated carbocycles. The van der Waals surface area contributed by atoms with E-state index in [1.807, 2.05) is 60.7 Å².